The van der Waals surface area contributed by atoms with Crippen LogP contribution in [-0.4, -0.2) is 27.2 Å². The molecule has 5 nitrogen and oxygen atoms in total. The zero-order valence-corrected chi connectivity index (χ0v) is 11.7. The van der Waals surface area contributed by atoms with Crippen molar-refractivity contribution in [3.63, 3.8) is 0 Å². The molecular formula is C12H20N4OS. The largest absolute Gasteiger partial charge is 0.393 e. The highest BCUT2D eigenvalue weighted by atomic mass is 32.1. The monoisotopic (exact) mass is 268 g/mol. The minimum absolute atomic E-state index is 0.0773. The molecule has 0 aliphatic rings. The molecule has 1 heterocycles. The van der Waals surface area contributed by atoms with E-state index in [1.165, 1.54) is 0 Å². The molecule has 1 atom stereocenters. The SMILES string of the molecule is CCCC(C(=O)NCCc1ccnn1C)C(N)=S. The zero-order valence-electron chi connectivity index (χ0n) is 10.8. The van der Waals surface area contributed by atoms with E-state index in [0.717, 1.165) is 18.5 Å². The first kappa shape index (κ1) is 14.6. The Morgan fingerprint density at radius 2 is 2.39 bits per heavy atom. The van der Waals surface area contributed by atoms with Crippen LogP contribution in [0.2, 0.25) is 0 Å². The number of nitrogens with zero attached hydrogens (tertiary/aromatic N) is 2. The van der Waals surface area contributed by atoms with Gasteiger partial charge in [0.25, 0.3) is 0 Å². The first-order chi connectivity index (χ1) is 8.56. The molecule has 0 aliphatic carbocycles. The third-order valence-corrected chi connectivity index (χ3v) is 3.12. The van der Waals surface area contributed by atoms with Crippen LogP contribution in [0.5, 0.6) is 0 Å². The first-order valence-corrected chi connectivity index (χ1v) is 6.51. The first-order valence-electron chi connectivity index (χ1n) is 6.10. The van der Waals surface area contributed by atoms with Gasteiger partial charge in [-0.1, -0.05) is 25.6 Å². The number of carbonyl (C=O) groups excluding carboxylic acids is 1. The number of aromatic nitrogens is 2. The van der Waals surface area contributed by atoms with Crippen molar-refractivity contribution in [3.8, 4) is 0 Å². The Bertz CT molecular complexity index is 416. The van der Waals surface area contributed by atoms with E-state index >= 15 is 0 Å². The molecule has 1 amide bonds. The summed E-state index contributed by atoms with van der Waals surface area (Å²) < 4.78 is 1.79. The summed E-state index contributed by atoms with van der Waals surface area (Å²) in [7, 11) is 1.88. The molecule has 0 spiro atoms. The number of nitrogens with two attached hydrogens (primary N) is 1. The summed E-state index contributed by atoms with van der Waals surface area (Å²) in [6.07, 6.45) is 4.08. The molecule has 0 saturated carbocycles. The van der Waals surface area contributed by atoms with Gasteiger partial charge in [-0.15, -0.1) is 0 Å². The Morgan fingerprint density at radius 3 is 2.89 bits per heavy atom. The van der Waals surface area contributed by atoms with Crippen LogP contribution in [0.25, 0.3) is 0 Å². The summed E-state index contributed by atoms with van der Waals surface area (Å²) >= 11 is 4.91. The van der Waals surface area contributed by atoms with Gasteiger partial charge in [0.1, 0.15) is 0 Å². The molecule has 18 heavy (non-hydrogen) atoms. The number of amides is 1. The lowest BCUT2D eigenvalue weighted by molar-refractivity contribution is -0.123. The average molecular weight is 268 g/mol. The number of nitrogens with one attached hydrogen (secondary N) is 1. The normalized spacial score (nSPS) is 12.1. The van der Waals surface area contributed by atoms with Gasteiger partial charge in [-0.05, 0) is 12.5 Å². The Kier molecular flexibility index (Phi) is 5.77. The molecule has 0 saturated heterocycles. The second-order valence-corrected chi connectivity index (χ2v) is 4.70. The van der Waals surface area contributed by atoms with Crippen molar-refractivity contribution < 1.29 is 4.79 Å². The summed E-state index contributed by atoms with van der Waals surface area (Å²) in [5, 5.41) is 6.94. The highest BCUT2D eigenvalue weighted by Crippen LogP contribution is 2.07. The van der Waals surface area contributed by atoms with E-state index in [1.54, 1.807) is 10.9 Å². The van der Waals surface area contributed by atoms with Crippen LogP contribution < -0.4 is 11.1 Å². The number of aryl methyl sites for hydroxylation is 1. The smallest absolute Gasteiger partial charge is 0.229 e. The van der Waals surface area contributed by atoms with Gasteiger partial charge < -0.3 is 11.1 Å². The Hall–Kier alpha value is -1.43. The molecule has 100 valence electrons. The second-order valence-electron chi connectivity index (χ2n) is 4.23. The fourth-order valence-corrected chi connectivity index (χ4v) is 2.00. The molecule has 0 fully saturated rings. The predicted octanol–water partition coefficient (Wildman–Crippen LogP) is 0.781. The van der Waals surface area contributed by atoms with Crippen LogP contribution in [-0.2, 0) is 18.3 Å². The van der Waals surface area contributed by atoms with E-state index in [2.05, 4.69) is 10.4 Å². The minimum atomic E-state index is -0.350. The van der Waals surface area contributed by atoms with Crippen LogP contribution in [0, 0.1) is 5.92 Å². The second kappa shape index (κ2) is 7.10. The molecule has 1 aromatic heterocycles. The molecule has 3 N–H and O–H groups in total. The Balaban J connectivity index is 2.40. The van der Waals surface area contributed by atoms with Crippen molar-refractivity contribution in [1.82, 2.24) is 15.1 Å². The third-order valence-electron chi connectivity index (χ3n) is 2.84. The van der Waals surface area contributed by atoms with Gasteiger partial charge in [0.15, 0.2) is 0 Å². The van der Waals surface area contributed by atoms with Crippen molar-refractivity contribution in [3.05, 3.63) is 18.0 Å². The van der Waals surface area contributed by atoms with Crippen LogP contribution >= 0.6 is 12.2 Å². The minimum Gasteiger partial charge on any atom is -0.393 e. The van der Waals surface area contributed by atoms with Gasteiger partial charge in [-0.25, -0.2) is 0 Å². The third kappa shape index (κ3) is 4.10. The fraction of sp³-hybridized carbons (Fsp3) is 0.583. The molecule has 1 aromatic rings. The van der Waals surface area contributed by atoms with E-state index in [1.807, 2.05) is 20.0 Å². The number of hydrogen-bond donors (Lipinski definition) is 2. The maximum atomic E-state index is 11.9. The quantitative estimate of drug-likeness (QED) is 0.717. The maximum absolute atomic E-state index is 11.9. The summed E-state index contributed by atoms with van der Waals surface area (Å²) in [6.45, 7) is 2.58. The van der Waals surface area contributed by atoms with E-state index in [9.17, 15) is 4.79 Å². The van der Waals surface area contributed by atoms with Crippen molar-refractivity contribution in [2.75, 3.05) is 6.54 Å². The van der Waals surface area contributed by atoms with E-state index in [-0.39, 0.29) is 16.8 Å². The van der Waals surface area contributed by atoms with Crippen LogP contribution in [0.1, 0.15) is 25.5 Å². The van der Waals surface area contributed by atoms with E-state index in [0.29, 0.717) is 13.0 Å². The average Bonchev–Trinajstić information content (AvgIpc) is 2.71. The maximum Gasteiger partial charge on any atom is 0.229 e. The molecule has 6 heteroatoms. The van der Waals surface area contributed by atoms with Crippen molar-refractivity contribution in [1.29, 1.82) is 0 Å². The van der Waals surface area contributed by atoms with Gasteiger partial charge >= 0.3 is 0 Å². The summed E-state index contributed by atoms with van der Waals surface area (Å²) in [4.78, 5) is 12.2. The molecular weight excluding hydrogens is 248 g/mol. The molecule has 1 unspecified atom stereocenters. The predicted molar refractivity (Wildman–Crippen MR) is 75.1 cm³/mol. The number of thiocarbonyl (C=S) groups is 1. The van der Waals surface area contributed by atoms with Crippen molar-refractivity contribution in [2.24, 2.45) is 18.7 Å². The lowest BCUT2D eigenvalue weighted by Gasteiger charge is -2.14. The summed E-state index contributed by atoms with van der Waals surface area (Å²) in [5.41, 5.74) is 6.65. The molecule has 0 aliphatic heterocycles. The molecule has 1 rings (SSSR count). The van der Waals surface area contributed by atoms with Gasteiger partial charge in [0.2, 0.25) is 5.91 Å². The number of carbonyl (C=O) groups is 1. The number of rotatable bonds is 7. The van der Waals surface area contributed by atoms with Gasteiger partial charge in [0, 0.05) is 31.9 Å². The summed E-state index contributed by atoms with van der Waals surface area (Å²) in [6, 6.07) is 1.93. The molecule has 0 aromatic carbocycles. The van der Waals surface area contributed by atoms with Crippen molar-refractivity contribution in [2.45, 2.75) is 26.2 Å². The highest BCUT2D eigenvalue weighted by molar-refractivity contribution is 7.80. The van der Waals surface area contributed by atoms with E-state index in [4.69, 9.17) is 18.0 Å². The standard InChI is InChI=1S/C12H20N4OS/c1-3-4-10(11(13)18)12(17)14-7-5-9-6-8-15-16(9)2/h6,8,10H,3-5,7H2,1-2H3,(H2,13,18)(H,14,17). The fourth-order valence-electron chi connectivity index (χ4n) is 1.77. The molecule has 0 radical (unpaired) electrons. The van der Waals surface area contributed by atoms with Gasteiger partial charge in [-0.3, -0.25) is 9.48 Å². The zero-order chi connectivity index (χ0) is 13.5. The Morgan fingerprint density at radius 1 is 1.67 bits per heavy atom. The molecule has 0 bridgehead atoms. The lowest BCUT2D eigenvalue weighted by atomic mass is 10.0. The van der Waals surface area contributed by atoms with Crippen LogP contribution in [0.3, 0.4) is 0 Å². The van der Waals surface area contributed by atoms with Gasteiger partial charge in [0.05, 0.1) is 10.9 Å². The highest BCUT2D eigenvalue weighted by Gasteiger charge is 2.19. The Labute approximate surface area is 113 Å². The topological polar surface area (TPSA) is 72.9 Å². The van der Waals surface area contributed by atoms with Gasteiger partial charge in [-0.2, -0.15) is 5.10 Å². The van der Waals surface area contributed by atoms with E-state index < -0.39 is 0 Å². The van der Waals surface area contributed by atoms with Crippen LogP contribution in [0.15, 0.2) is 12.3 Å². The summed E-state index contributed by atoms with van der Waals surface area (Å²) in [5.74, 6) is -0.428. The number of hydrogen-bond acceptors (Lipinski definition) is 3. The van der Waals surface area contributed by atoms with Crippen molar-refractivity contribution >= 4 is 23.1 Å². The van der Waals surface area contributed by atoms with Crippen LogP contribution in [0.4, 0.5) is 0 Å². The lowest BCUT2D eigenvalue weighted by Crippen LogP contribution is -2.38.